The summed E-state index contributed by atoms with van der Waals surface area (Å²) in [6.07, 6.45) is 0. The number of nitrogens with zero attached hydrogens (tertiary/aromatic N) is 2. The lowest BCUT2D eigenvalue weighted by atomic mass is 10.1. The van der Waals surface area contributed by atoms with E-state index in [0.29, 0.717) is 10.7 Å². The molecule has 0 saturated heterocycles. The van der Waals surface area contributed by atoms with Gasteiger partial charge in [0.05, 0.1) is 0 Å². The molecule has 0 atom stereocenters. The first-order valence-corrected chi connectivity index (χ1v) is 9.30. The van der Waals surface area contributed by atoms with Gasteiger partial charge in [0.1, 0.15) is 0 Å². The summed E-state index contributed by atoms with van der Waals surface area (Å²) in [7, 11) is 0. The fourth-order valence-corrected chi connectivity index (χ4v) is 3.73. The van der Waals surface area contributed by atoms with E-state index in [1.807, 2.05) is 19.1 Å². The second-order valence-corrected chi connectivity index (χ2v) is 7.67. The summed E-state index contributed by atoms with van der Waals surface area (Å²) in [6, 6.07) is 15.9. The van der Waals surface area contributed by atoms with Gasteiger partial charge in [0, 0.05) is 11.3 Å². The zero-order valence-corrected chi connectivity index (χ0v) is 15.1. The molecule has 0 aliphatic carbocycles. The number of hydrogen-bond donors (Lipinski definition) is 1. The van der Waals surface area contributed by atoms with E-state index in [-0.39, 0.29) is 5.91 Å². The first kappa shape index (κ1) is 16.7. The van der Waals surface area contributed by atoms with E-state index in [9.17, 15) is 4.79 Å². The van der Waals surface area contributed by atoms with Crippen LogP contribution in [0.5, 0.6) is 0 Å². The Balaban J connectivity index is 1.58. The van der Waals surface area contributed by atoms with E-state index in [2.05, 4.69) is 46.7 Å². The molecule has 122 valence electrons. The number of carbonyl (C=O) groups excluding carboxylic acids is 1. The van der Waals surface area contributed by atoms with Gasteiger partial charge in [-0.2, -0.15) is 0 Å². The third-order valence-electron chi connectivity index (χ3n) is 3.42. The van der Waals surface area contributed by atoms with Gasteiger partial charge in [-0.25, -0.2) is 0 Å². The minimum absolute atomic E-state index is 0.166. The number of hydrogen-bond acceptors (Lipinski definition) is 5. The Morgan fingerprint density at radius 2 is 1.62 bits per heavy atom. The molecular weight excluding hydrogens is 338 g/mol. The number of benzene rings is 2. The monoisotopic (exact) mass is 355 g/mol. The van der Waals surface area contributed by atoms with Crippen LogP contribution in [0.25, 0.3) is 0 Å². The normalized spacial score (nSPS) is 10.6. The van der Waals surface area contributed by atoms with Crippen LogP contribution in [0.4, 0.5) is 5.13 Å². The molecule has 0 saturated carbocycles. The van der Waals surface area contributed by atoms with Crippen LogP contribution in [0.15, 0.2) is 52.9 Å². The molecule has 1 amide bonds. The van der Waals surface area contributed by atoms with Gasteiger partial charge in [0.15, 0.2) is 4.34 Å². The van der Waals surface area contributed by atoms with Gasteiger partial charge in [0.25, 0.3) is 5.91 Å². The zero-order valence-electron chi connectivity index (χ0n) is 13.4. The van der Waals surface area contributed by atoms with Crippen molar-refractivity contribution in [2.24, 2.45) is 0 Å². The van der Waals surface area contributed by atoms with E-state index in [1.165, 1.54) is 22.5 Å². The van der Waals surface area contributed by atoms with Crippen LogP contribution in [0.2, 0.25) is 0 Å². The summed E-state index contributed by atoms with van der Waals surface area (Å²) in [5.41, 5.74) is 4.23. The number of aryl methyl sites for hydroxylation is 2. The quantitative estimate of drug-likeness (QED) is 0.532. The minimum Gasteiger partial charge on any atom is -0.296 e. The Morgan fingerprint density at radius 3 is 2.29 bits per heavy atom. The molecule has 0 spiro atoms. The molecule has 0 aliphatic heterocycles. The predicted molar refractivity (Wildman–Crippen MR) is 99.8 cm³/mol. The summed E-state index contributed by atoms with van der Waals surface area (Å²) in [5, 5.41) is 11.5. The van der Waals surface area contributed by atoms with Gasteiger partial charge in [-0.1, -0.05) is 70.6 Å². The van der Waals surface area contributed by atoms with Crippen LogP contribution in [0, 0.1) is 13.8 Å². The summed E-state index contributed by atoms with van der Waals surface area (Å²) in [4.78, 5) is 12.2. The van der Waals surface area contributed by atoms with Gasteiger partial charge in [-0.05, 0) is 31.5 Å². The lowest BCUT2D eigenvalue weighted by Crippen LogP contribution is -2.11. The lowest BCUT2D eigenvalue weighted by Gasteiger charge is -2.01. The first-order valence-electron chi connectivity index (χ1n) is 7.50. The Hall–Kier alpha value is -2.18. The molecule has 1 heterocycles. The third-order valence-corrected chi connectivity index (χ3v) is 5.47. The molecule has 3 aromatic rings. The molecule has 0 fully saturated rings. The molecule has 2 aromatic carbocycles. The topological polar surface area (TPSA) is 54.9 Å². The molecule has 3 rings (SSSR count). The predicted octanol–water partition coefficient (Wildman–Crippen LogP) is 4.70. The molecule has 0 unspecified atom stereocenters. The van der Waals surface area contributed by atoms with Crippen LogP contribution in [-0.2, 0) is 5.75 Å². The molecule has 1 N–H and O–H groups in total. The average Bonchev–Trinajstić information content (AvgIpc) is 3.02. The lowest BCUT2D eigenvalue weighted by molar-refractivity contribution is 0.102. The summed E-state index contributed by atoms with van der Waals surface area (Å²) < 4.78 is 0.842. The Bertz CT molecular complexity index is 826. The number of rotatable bonds is 5. The number of aromatic nitrogens is 2. The van der Waals surface area contributed by atoms with Crippen molar-refractivity contribution in [2.75, 3.05) is 5.32 Å². The van der Waals surface area contributed by atoms with E-state index in [4.69, 9.17) is 0 Å². The molecule has 0 bridgehead atoms. The fraction of sp³-hybridized carbons (Fsp3) is 0.167. The number of amides is 1. The first-order chi connectivity index (χ1) is 11.6. The van der Waals surface area contributed by atoms with Crippen molar-refractivity contribution in [1.82, 2.24) is 10.2 Å². The summed E-state index contributed by atoms with van der Waals surface area (Å²) in [6.45, 7) is 4.06. The Kier molecular flexibility index (Phi) is 5.27. The van der Waals surface area contributed by atoms with Crippen LogP contribution < -0.4 is 5.32 Å². The van der Waals surface area contributed by atoms with E-state index >= 15 is 0 Å². The molecule has 0 radical (unpaired) electrons. The maximum atomic E-state index is 12.2. The van der Waals surface area contributed by atoms with Crippen molar-refractivity contribution in [1.29, 1.82) is 0 Å². The molecule has 24 heavy (non-hydrogen) atoms. The Morgan fingerprint density at radius 1 is 1.00 bits per heavy atom. The van der Waals surface area contributed by atoms with Crippen molar-refractivity contribution in [3.63, 3.8) is 0 Å². The van der Waals surface area contributed by atoms with Gasteiger partial charge in [-0.15, -0.1) is 10.2 Å². The van der Waals surface area contributed by atoms with Crippen molar-refractivity contribution >= 4 is 34.1 Å². The standard InChI is InChI=1S/C18H17N3OS2/c1-12-3-7-14(8-4-12)11-23-18-21-20-17(24-18)19-16(22)15-9-5-13(2)6-10-15/h3-10H,11H2,1-2H3,(H,19,20,22). The van der Waals surface area contributed by atoms with Gasteiger partial charge in [-0.3, -0.25) is 10.1 Å². The van der Waals surface area contributed by atoms with Crippen LogP contribution in [0.3, 0.4) is 0 Å². The van der Waals surface area contributed by atoms with E-state index < -0.39 is 0 Å². The SMILES string of the molecule is Cc1ccc(CSc2nnc(NC(=O)c3ccc(C)cc3)s2)cc1. The van der Waals surface area contributed by atoms with Gasteiger partial charge >= 0.3 is 0 Å². The molecule has 1 aromatic heterocycles. The number of thioether (sulfide) groups is 1. The summed E-state index contributed by atoms with van der Waals surface area (Å²) >= 11 is 3.01. The average molecular weight is 355 g/mol. The molecule has 4 nitrogen and oxygen atoms in total. The second kappa shape index (κ2) is 7.59. The van der Waals surface area contributed by atoms with Crippen LogP contribution >= 0.6 is 23.1 Å². The fourth-order valence-electron chi connectivity index (χ4n) is 2.02. The van der Waals surface area contributed by atoms with E-state index in [1.54, 1.807) is 23.9 Å². The highest BCUT2D eigenvalue weighted by Crippen LogP contribution is 2.28. The highest BCUT2D eigenvalue weighted by atomic mass is 32.2. The summed E-state index contributed by atoms with van der Waals surface area (Å²) in [5.74, 6) is 0.669. The molecule has 6 heteroatoms. The number of anilines is 1. The number of nitrogens with one attached hydrogen (secondary N) is 1. The van der Waals surface area contributed by atoms with Crippen molar-refractivity contribution in [3.8, 4) is 0 Å². The molecular formula is C18H17N3OS2. The van der Waals surface area contributed by atoms with Gasteiger partial charge in [0.2, 0.25) is 5.13 Å². The maximum Gasteiger partial charge on any atom is 0.257 e. The van der Waals surface area contributed by atoms with Crippen molar-refractivity contribution < 1.29 is 4.79 Å². The largest absolute Gasteiger partial charge is 0.296 e. The maximum absolute atomic E-state index is 12.2. The minimum atomic E-state index is -0.166. The van der Waals surface area contributed by atoms with E-state index in [0.717, 1.165) is 15.7 Å². The second-order valence-electron chi connectivity index (χ2n) is 5.47. The molecule has 0 aliphatic rings. The van der Waals surface area contributed by atoms with Gasteiger partial charge < -0.3 is 0 Å². The number of carbonyl (C=O) groups is 1. The highest BCUT2D eigenvalue weighted by Gasteiger charge is 2.10. The van der Waals surface area contributed by atoms with Crippen LogP contribution in [-0.4, -0.2) is 16.1 Å². The smallest absolute Gasteiger partial charge is 0.257 e. The zero-order chi connectivity index (χ0) is 16.9. The third kappa shape index (κ3) is 4.43. The Labute approximate surface area is 149 Å². The highest BCUT2D eigenvalue weighted by molar-refractivity contribution is 8.00. The van der Waals surface area contributed by atoms with Crippen molar-refractivity contribution in [2.45, 2.75) is 23.9 Å². The van der Waals surface area contributed by atoms with Crippen molar-refractivity contribution in [3.05, 3.63) is 70.8 Å². The van der Waals surface area contributed by atoms with Crippen LogP contribution in [0.1, 0.15) is 27.0 Å².